The second-order valence-electron chi connectivity index (χ2n) is 3.46. The van der Waals surface area contributed by atoms with E-state index in [0.29, 0.717) is 4.47 Å². The van der Waals surface area contributed by atoms with Crippen molar-refractivity contribution in [2.24, 2.45) is 0 Å². The smallest absolute Gasteiger partial charge is 0.137 e. The second kappa shape index (κ2) is 6.03. The summed E-state index contributed by atoms with van der Waals surface area (Å²) in [6.07, 6.45) is 0. The fourth-order valence-corrected chi connectivity index (χ4v) is 3.47. The maximum atomic E-state index is 13.3. The molecule has 88 valence electrons. The predicted octanol–water partition coefficient (Wildman–Crippen LogP) is 5.64. The molecule has 0 nitrogen and oxygen atoms in total. The van der Waals surface area contributed by atoms with Gasteiger partial charge in [-0.15, -0.1) is 11.8 Å². The summed E-state index contributed by atoms with van der Waals surface area (Å²) in [5, 5.41) is 0. The Bertz CT molecular complexity index is 529. The van der Waals surface area contributed by atoms with Crippen molar-refractivity contribution >= 4 is 43.6 Å². The first-order valence-electron chi connectivity index (χ1n) is 4.98. The molecule has 0 saturated carbocycles. The lowest BCUT2D eigenvalue weighted by Crippen LogP contribution is -1.86. The Hall–Kier alpha value is -0.320. The van der Waals surface area contributed by atoms with Gasteiger partial charge in [-0.3, -0.25) is 0 Å². The minimum atomic E-state index is -0.211. The molecule has 2 aromatic rings. The number of hydrogen-bond donors (Lipinski definition) is 0. The van der Waals surface area contributed by atoms with E-state index in [1.807, 2.05) is 24.3 Å². The van der Waals surface area contributed by atoms with Gasteiger partial charge in [-0.2, -0.15) is 0 Å². The van der Waals surface area contributed by atoms with Gasteiger partial charge in [-0.1, -0.05) is 34.1 Å². The van der Waals surface area contributed by atoms with Crippen LogP contribution in [0.1, 0.15) is 5.56 Å². The van der Waals surface area contributed by atoms with E-state index in [4.69, 9.17) is 0 Å². The third-order valence-electron chi connectivity index (χ3n) is 2.22. The molecule has 0 aromatic heterocycles. The molecule has 0 aliphatic heterocycles. The summed E-state index contributed by atoms with van der Waals surface area (Å²) in [6.45, 7) is 0. The van der Waals surface area contributed by atoms with Crippen molar-refractivity contribution in [3.8, 4) is 0 Å². The first-order chi connectivity index (χ1) is 8.16. The fourth-order valence-electron chi connectivity index (χ4n) is 1.38. The monoisotopic (exact) mass is 374 g/mol. The first kappa shape index (κ1) is 13.1. The quantitative estimate of drug-likeness (QED) is 0.625. The zero-order valence-electron chi connectivity index (χ0n) is 8.79. The van der Waals surface area contributed by atoms with Gasteiger partial charge in [0, 0.05) is 15.1 Å². The highest BCUT2D eigenvalue weighted by molar-refractivity contribution is 9.10. The van der Waals surface area contributed by atoms with E-state index in [9.17, 15) is 4.39 Å². The molecule has 2 aromatic carbocycles. The molecule has 0 fully saturated rings. The van der Waals surface area contributed by atoms with Crippen LogP contribution in [0, 0.1) is 5.82 Å². The lowest BCUT2D eigenvalue weighted by Gasteiger charge is -2.05. The Kier molecular flexibility index (Phi) is 4.65. The molecule has 0 atom stereocenters. The molecule has 0 aliphatic rings. The van der Waals surface area contributed by atoms with Crippen LogP contribution in [0.5, 0.6) is 0 Å². The molecule has 4 heteroatoms. The van der Waals surface area contributed by atoms with Crippen molar-refractivity contribution in [1.29, 1.82) is 0 Å². The van der Waals surface area contributed by atoms with Crippen LogP contribution in [-0.4, -0.2) is 0 Å². The zero-order chi connectivity index (χ0) is 12.3. The van der Waals surface area contributed by atoms with Crippen LogP contribution < -0.4 is 0 Å². The van der Waals surface area contributed by atoms with Crippen LogP contribution in [0.4, 0.5) is 4.39 Å². The average Bonchev–Trinajstić information content (AvgIpc) is 2.31. The molecule has 2 rings (SSSR count). The maximum Gasteiger partial charge on any atom is 0.137 e. The molecule has 0 bridgehead atoms. The number of thioether (sulfide) groups is 1. The van der Waals surface area contributed by atoms with E-state index < -0.39 is 0 Å². The Morgan fingerprint density at radius 2 is 1.82 bits per heavy atom. The Morgan fingerprint density at radius 3 is 2.59 bits per heavy atom. The van der Waals surface area contributed by atoms with Gasteiger partial charge in [-0.05, 0) is 45.8 Å². The number of benzene rings is 2. The summed E-state index contributed by atoms with van der Waals surface area (Å²) in [5.74, 6) is 0.534. The van der Waals surface area contributed by atoms with E-state index in [0.717, 1.165) is 20.7 Å². The average molecular weight is 376 g/mol. The van der Waals surface area contributed by atoms with Crippen molar-refractivity contribution in [3.05, 3.63) is 62.8 Å². The number of hydrogen-bond acceptors (Lipinski definition) is 1. The van der Waals surface area contributed by atoms with Gasteiger partial charge in [-0.25, -0.2) is 4.39 Å². The largest absolute Gasteiger partial charge is 0.206 e. The van der Waals surface area contributed by atoms with Gasteiger partial charge >= 0.3 is 0 Å². The van der Waals surface area contributed by atoms with Crippen molar-refractivity contribution in [2.45, 2.75) is 10.6 Å². The third kappa shape index (κ3) is 3.57. The van der Waals surface area contributed by atoms with E-state index in [1.54, 1.807) is 17.8 Å². The molecule has 17 heavy (non-hydrogen) atoms. The highest BCUT2D eigenvalue weighted by atomic mass is 79.9. The molecule has 0 N–H and O–H groups in total. The van der Waals surface area contributed by atoms with Crippen molar-refractivity contribution < 1.29 is 4.39 Å². The van der Waals surface area contributed by atoms with Gasteiger partial charge < -0.3 is 0 Å². The Labute approximate surface area is 121 Å². The van der Waals surface area contributed by atoms with Crippen LogP contribution in [0.2, 0.25) is 0 Å². The van der Waals surface area contributed by atoms with Gasteiger partial charge in [0.1, 0.15) is 5.82 Å². The molecular weight excluding hydrogens is 367 g/mol. The molecule has 0 saturated heterocycles. The van der Waals surface area contributed by atoms with Gasteiger partial charge in [0.2, 0.25) is 0 Å². The lowest BCUT2D eigenvalue weighted by molar-refractivity contribution is 0.619. The van der Waals surface area contributed by atoms with Crippen molar-refractivity contribution in [3.63, 3.8) is 0 Å². The summed E-state index contributed by atoms with van der Waals surface area (Å²) in [5.41, 5.74) is 0.968. The minimum Gasteiger partial charge on any atom is -0.206 e. The third-order valence-corrected chi connectivity index (χ3v) is 4.65. The molecule has 0 heterocycles. The molecule has 0 aliphatic carbocycles. The summed E-state index contributed by atoms with van der Waals surface area (Å²) in [6, 6.07) is 13.2. The van der Waals surface area contributed by atoms with Gasteiger partial charge in [0.05, 0.1) is 4.47 Å². The van der Waals surface area contributed by atoms with Gasteiger partial charge in [0.25, 0.3) is 0 Å². The molecule has 0 spiro atoms. The van der Waals surface area contributed by atoms with Gasteiger partial charge in [0.15, 0.2) is 0 Å². The highest BCUT2D eigenvalue weighted by Crippen LogP contribution is 2.29. The van der Waals surface area contributed by atoms with Crippen LogP contribution in [-0.2, 0) is 5.75 Å². The number of rotatable bonds is 3. The van der Waals surface area contributed by atoms with Crippen molar-refractivity contribution in [2.75, 3.05) is 0 Å². The second-order valence-corrected chi connectivity index (χ2v) is 6.22. The zero-order valence-corrected chi connectivity index (χ0v) is 12.8. The van der Waals surface area contributed by atoms with Crippen LogP contribution >= 0.6 is 43.6 Å². The van der Waals surface area contributed by atoms with E-state index in [2.05, 4.69) is 37.9 Å². The molecule has 0 unspecified atom stereocenters. The molecular formula is C13H9Br2FS. The van der Waals surface area contributed by atoms with Crippen molar-refractivity contribution in [1.82, 2.24) is 0 Å². The van der Waals surface area contributed by atoms with E-state index >= 15 is 0 Å². The summed E-state index contributed by atoms with van der Waals surface area (Å²) < 4.78 is 14.9. The summed E-state index contributed by atoms with van der Waals surface area (Å²) in [7, 11) is 0. The van der Waals surface area contributed by atoms with Crippen LogP contribution in [0.15, 0.2) is 56.3 Å². The number of halogens is 3. The maximum absolute atomic E-state index is 13.3. The van der Waals surface area contributed by atoms with E-state index in [-0.39, 0.29) is 5.82 Å². The fraction of sp³-hybridized carbons (Fsp3) is 0.0769. The predicted molar refractivity (Wildman–Crippen MR) is 77.8 cm³/mol. The first-order valence-corrected chi connectivity index (χ1v) is 7.55. The standard InChI is InChI=1S/C13H9Br2FS/c14-10-4-2-5-11(7-10)17-8-9-3-1-6-12(16)13(9)15/h1-7H,8H2. The van der Waals surface area contributed by atoms with Crippen LogP contribution in [0.25, 0.3) is 0 Å². The molecule has 0 amide bonds. The summed E-state index contributed by atoms with van der Waals surface area (Å²) >= 11 is 8.39. The topological polar surface area (TPSA) is 0 Å². The SMILES string of the molecule is Fc1cccc(CSc2cccc(Br)c2)c1Br. The normalized spacial score (nSPS) is 10.5. The lowest BCUT2D eigenvalue weighted by atomic mass is 10.2. The Balaban J connectivity index is 2.10. The van der Waals surface area contributed by atoms with E-state index in [1.165, 1.54) is 6.07 Å². The minimum absolute atomic E-state index is 0.211. The summed E-state index contributed by atoms with van der Waals surface area (Å²) in [4.78, 5) is 1.16. The van der Waals surface area contributed by atoms with Crippen LogP contribution in [0.3, 0.4) is 0 Å². The molecule has 0 radical (unpaired) electrons. The highest BCUT2D eigenvalue weighted by Gasteiger charge is 2.05. The Morgan fingerprint density at radius 1 is 1.06 bits per heavy atom.